The monoisotopic (exact) mass is 334 g/mol. The van der Waals surface area contributed by atoms with Gasteiger partial charge in [-0.15, -0.1) is 0 Å². The summed E-state index contributed by atoms with van der Waals surface area (Å²) in [5.74, 6) is 0.893. The van der Waals surface area contributed by atoms with E-state index in [2.05, 4.69) is 41.5 Å². The normalized spacial score (nSPS) is 12.8. The van der Waals surface area contributed by atoms with Crippen molar-refractivity contribution in [1.29, 1.82) is 0 Å². The highest BCUT2D eigenvalue weighted by Gasteiger charge is 2.22. The van der Waals surface area contributed by atoms with Crippen molar-refractivity contribution in [3.05, 3.63) is 41.0 Å². The van der Waals surface area contributed by atoms with Crippen LogP contribution in [0.5, 0.6) is 0 Å². The van der Waals surface area contributed by atoms with E-state index in [1.54, 1.807) is 0 Å². The summed E-state index contributed by atoms with van der Waals surface area (Å²) >= 11 is 0. The standard InChI is InChI=1S/C19H26O3S/c1-11(2)14-7-8-16-17(23(20,21)22)10-9-15(12(3)4)19(16)18(14)13(5)6/h7-13H,1-6H3,(H,20,21,22). The van der Waals surface area contributed by atoms with Crippen molar-refractivity contribution in [2.24, 2.45) is 0 Å². The Morgan fingerprint density at radius 2 is 1.30 bits per heavy atom. The molecule has 0 atom stereocenters. The molecule has 0 spiro atoms. The first kappa shape index (κ1) is 18.0. The molecule has 4 heteroatoms. The minimum Gasteiger partial charge on any atom is -0.282 e. The molecule has 0 unspecified atom stereocenters. The SMILES string of the molecule is CC(C)c1ccc2c(S(=O)(=O)O)ccc(C(C)C)c2c1C(C)C. The van der Waals surface area contributed by atoms with Gasteiger partial charge in [-0.2, -0.15) is 8.42 Å². The van der Waals surface area contributed by atoms with Crippen molar-refractivity contribution in [2.45, 2.75) is 64.2 Å². The third-order valence-electron chi connectivity index (χ3n) is 4.35. The molecule has 0 bridgehead atoms. The maximum absolute atomic E-state index is 11.8. The predicted molar refractivity (Wildman–Crippen MR) is 96.0 cm³/mol. The van der Waals surface area contributed by atoms with Gasteiger partial charge in [-0.3, -0.25) is 4.55 Å². The Hall–Kier alpha value is -1.39. The summed E-state index contributed by atoms with van der Waals surface area (Å²) in [7, 11) is -4.25. The Balaban J connectivity index is 3.09. The fourth-order valence-corrected chi connectivity index (χ4v) is 4.01. The van der Waals surface area contributed by atoms with Crippen LogP contribution in [0.1, 0.15) is 76.0 Å². The van der Waals surface area contributed by atoms with Crippen molar-refractivity contribution in [2.75, 3.05) is 0 Å². The Morgan fingerprint density at radius 3 is 1.74 bits per heavy atom. The van der Waals surface area contributed by atoms with Gasteiger partial charge in [-0.1, -0.05) is 59.7 Å². The van der Waals surface area contributed by atoms with Gasteiger partial charge in [0.25, 0.3) is 10.1 Å². The van der Waals surface area contributed by atoms with E-state index >= 15 is 0 Å². The summed E-state index contributed by atoms with van der Waals surface area (Å²) in [4.78, 5) is -0.00546. The molecular weight excluding hydrogens is 308 g/mol. The maximum atomic E-state index is 11.8. The first-order valence-corrected chi connectivity index (χ1v) is 9.56. The third-order valence-corrected chi connectivity index (χ3v) is 5.26. The van der Waals surface area contributed by atoms with E-state index in [1.807, 2.05) is 18.2 Å². The van der Waals surface area contributed by atoms with E-state index in [1.165, 1.54) is 17.2 Å². The fraction of sp³-hybridized carbons (Fsp3) is 0.474. The van der Waals surface area contributed by atoms with Gasteiger partial charge in [0.05, 0.1) is 0 Å². The number of hydrogen-bond donors (Lipinski definition) is 1. The van der Waals surface area contributed by atoms with Gasteiger partial charge in [0, 0.05) is 5.39 Å². The van der Waals surface area contributed by atoms with E-state index < -0.39 is 10.1 Å². The zero-order chi connectivity index (χ0) is 17.5. The lowest BCUT2D eigenvalue weighted by Crippen LogP contribution is -2.06. The zero-order valence-electron chi connectivity index (χ0n) is 14.7. The van der Waals surface area contributed by atoms with Gasteiger partial charge in [-0.25, -0.2) is 0 Å². The molecule has 0 radical (unpaired) electrons. The summed E-state index contributed by atoms with van der Waals surface area (Å²) in [6, 6.07) is 7.20. The molecule has 0 aliphatic rings. The molecular formula is C19H26O3S. The molecule has 0 heterocycles. The lowest BCUT2D eigenvalue weighted by atomic mass is 9.83. The van der Waals surface area contributed by atoms with Gasteiger partial charge in [0.15, 0.2) is 0 Å². The number of benzene rings is 2. The molecule has 126 valence electrons. The molecule has 2 aromatic carbocycles. The van der Waals surface area contributed by atoms with Crippen LogP contribution in [0.2, 0.25) is 0 Å². The van der Waals surface area contributed by atoms with Crippen LogP contribution in [0.4, 0.5) is 0 Å². The van der Waals surface area contributed by atoms with Gasteiger partial charge >= 0.3 is 0 Å². The van der Waals surface area contributed by atoms with Crippen LogP contribution < -0.4 is 0 Å². The predicted octanol–water partition coefficient (Wildman–Crippen LogP) is 5.46. The van der Waals surface area contributed by atoms with Gasteiger partial charge in [0.2, 0.25) is 0 Å². The first-order chi connectivity index (χ1) is 10.6. The van der Waals surface area contributed by atoms with E-state index in [-0.39, 0.29) is 16.7 Å². The number of rotatable bonds is 4. The van der Waals surface area contributed by atoms with Crippen LogP contribution >= 0.6 is 0 Å². The molecule has 0 saturated heterocycles. The van der Waals surface area contributed by atoms with Gasteiger partial charge < -0.3 is 0 Å². The molecule has 2 rings (SSSR count). The summed E-state index contributed by atoms with van der Waals surface area (Å²) in [6.07, 6.45) is 0. The molecule has 0 saturated carbocycles. The largest absolute Gasteiger partial charge is 0.295 e. The second-order valence-corrected chi connectivity index (χ2v) is 8.47. The molecule has 2 aromatic rings. The average Bonchev–Trinajstić information content (AvgIpc) is 2.42. The minimum absolute atomic E-state index is 0.00546. The van der Waals surface area contributed by atoms with Crippen LogP contribution in [-0.2, 0) is 10.1 Å². The van der Waals surface area contributed by atoms with Crippen LogP contribution in [0.3, 0.4) is 0 Å². The van der Waals surface area contributed by atoms with E-state index in [0.29, 0.717) is 11.3 Å². The lowest BCUT2D eigenvalue weighted by Gasteiger charge is -2.23. The highest BCUT2D eigenvalue weighted by molar-refractivity contribution is 7.86. The highest BCUT2D eigenvalue weighted by atomic mass is 32.2. The van der Waals surface area contributed by atoms with Crippen molar-refractivity contribution in [1.82, 2.24) is 0 Å². The topological polar surface area (TPSA) is 54.4 Å². The zero-order valence-corrected chi connectivity index (χ0v) is 15.5. The lowest BCUT2D eigenvalue weighted by molar-refractivity contribution is 0.484. The van der Waals surface area contributed by atoms with Crippen molar-refractivity contribution in [3.63, 3.8) is 0 Å². The molecule has 0 fully saturated rings. The maximum Gasteiger partial charge on any atom is 0.295 e. The minimum atomic E-state index is -4.25. The molecule has 0 amide bonds. The first-order valence-electron chi connectivity index (χ1n) is 8.12. The van der Waals surface area contributed by atoms with E-state index in [4.69, 9.17) is 0 Å². The van der Waals surface area contributed by atoms with E-state index in [9.17, 15) is 13.0 Å². The number of hydrogen-bond acceptors (Lipinski definition) is 2. The Morgan fingerprint density at radius 1 is 0.783 bits per heavy atom. The van der Waals surface area contributed by atoms with Crippen LogP contribution in [0.25, 0.3) is 10.8 Å². The summed E-state index contributed by atoms with van der Waals surface area (Å²) in [5, 5.41) is 1.60. The van der Waals surface area contributed by atoms with Crippen molar-refractivity contribution >= 4 is 20.9 Å². The Kier molecular flexibility index (Phi) is 4.88. The average molecular weight is 334 g/mol. The summed E-state index contributed by atoms with van der Waals surface area (Å²) < 4.78 is 33.2. The van der Waals surface area contributed by atoms with Crippen molar-refractivity contribution < 1.29 is 13.0 Å². The summed E-state index contributed by atoms with van der Waals surface area (Å²) in [6.45, 7) is 12.8. The highest BCUT2D eigenvalue weighted by Crippen LogP contribution is 2.39. The Labute approximate surface area is 139 Å². The van der Waals surface area contributed by atoms with Crippen LogP contribution in [0, 0.1) is 0 Å². The van der Waals surface area contributed by atoms with Gasteiger partial charge in [-0.05, 0) is 45.9 Å². The molecule has 0 aliphatic carbocycles. The van der Waals surface area contributed by atoms with Crippen LogP contribution in [0.15, 0.2) is 29.2 Å². The molecule has 1 N–H and O–H groups in total. The molecule has 0 aliphatic heterocycles. The fourth-order valence-electron chi connectivity index (χ4n) is 3.32. The quantitative estimate of drug-likeness (QED) is 0.756. The molecule has 0 aromatic heterocycles. The molecule has 3 nitrogen and oxygen atoms in total. The smallest absolute Gasteiger partial charge is 0.282 e. The summed E-state index contributed by atoms with van der Waals surface area (Å²) in [5.41, 5.74) is 3.55. The third kappa shape index (κ3) is 3.29. The second kappa shape index (κ2) is 6.25. The van der Waals surface area contributed by atoms with E-state index in [0.717, 1.165) is 10.9 Å². The second-order valence-electron chi connectivity index (χ2n) is 7.08. The number of fused-ring (bicyclic) bond motifs is 1. The molecule has 23 heavy (non-hydrogen) atoms. The van der Waals surface area contributed by atoms with Crippen molar-refractivity contribution in [3.8, 4) is 0 Å². The van der Waals surface area contributed by atoms with Crippen LogP contribution in [-0.4, -0.2) is 13.0 Å². The Bertz CT molecular complexity index is 831. The van der Waals surface area contributed by atoms with Gasteiger partial charge in [0.1, 0.15) is 4.90 Å².